The Morgan fingerprint density at radius 3 is 3.17 bits per heavy atom. The Bertz CT molecular complexity index is 353. The van der Waals surface area contributed by atoms with Crippen LogP contribution in [0.5, 0.6) is 0 Å². The molecule has 0 aromatic carbocycles. The van der Waals surface area contributed by atoms with Crippen molar-refractivity contribution >= 4 is 0 Å². The average Bonchev–Trinajstić information content (AvgIpc) is 2.97. The van der Waals surface area contributed by atoms with E-state index in [-0.39, 0.29) is 0 Å². The van der Waals surface area contributed by atoms with Crippen molar-refractivity contribution in [2.24, 2.45) is 7.05 Å². The number of hydrogen-bond acceptors (Lipinski definition) is 4. The second-order valence-corrected chi connectivity index (χ2v) is 4.95. The number of nitrogens with one attached hydrogen (secondary N) is 1. The number of imidazole rings is 1. The lowest BCUT2D eigenvalue weighted by Crippen LogP contribution is -2.39. The first kappa shape index (κ1) is 13.5. The fourth-order valence-corrected chi connectivity index (χ4v) is 2.55. The molecule has 5 heteroatoms. The first-order chi connectivity index (χ1) is 8.81. The molecular formula is C13H24N4O. The van der Waals surface area contributed by atoms with Gasteiger partial charge in [-0.05, 0) is 19.4 Å². The van der Waals surface area contributed by atoms with Gasteiger partial charge in [-0.1, -0.05) is 0 Å². The Labute approximate surface area is 109 Å². The number of aryl methyl sites for hydroxylation is 1. The molecule has 0 amide bonds. The van der Waals surface area contributed by atoms with Crippen molar-refractivity contribution in [2.45, 2.75) is 25.4 Å². The molecule has 1 atom stereocenters. The predicted molar refractivity (Wildman–Crippen MR) is 71.4 cm³/mol. The van der Waals surface area contributed by atoms with Crippen molar-refractivity contribution in [1.82, 2.24) is 19.8 Å². The molecule has 0 saturated carbocycles. The minimum Gasteiger partial charge on any atom is -0.383 e. The van der Waals surface area contributed by atoms with Crippen molar-refractivity contribution in [3.8, 4) is 0 Å². The van der Waals surface area contributed by atoms with Crippen LogP contribution in [0.2, 0.25) is 0 Å². The van der Waals surface area contributed by atoms with Gasteiger partial charge in [0.1, 0.15) is 0 Å². The highest BCUT2D eigenvalue weighted by atomic mass is 16.5. The van der Waals surface area contributed by atoms with Gasteiger partial charge in [0.05, 0.1) is 18.6 Å². The highest BCUT2D eigenvalue weighted by molar-refractivity contribution is 4.97. The first-order valence-corrected chi connectivity index (χ1v) is 6.70. The summed E-state index contributed by atoms with van der Waals surface area (Å²) >= 11 is 0. The number of likely N-dealkylation sites (tertiary alicyclic amines) is 1. The fourth-order valence-electron chi connectivity index (χ4n) is 2.55. The van der Waals surface area contributed by atoms with E-state index in [9.17, 15) is 0 Å². The van der Waals surface area contributed by atoms with Crippen LogP contribution in [0.25, 0.3) is 0 Å². The van der Waals surface area contributed by atoms with Crippen LogP contribution < -0.4 is 5.32 Å². The smallest absolute Gasteiger partial charge is 0.0945 e. The third kappa shape index (κ3) is 3.54. The Balaban J connectivity index is 1.71. The van der Waals surface area contributed by atoms with Crippen LogP contribution in [-0.4, -0.2) is 53.8 Å². The van der Waals surface area contributed by atoms with Crippen LogP contribution in [-0.2, 0) is 18.3 Å². The van der Waals surface area contributed by atoms with Gasteiger partial charge in [0, 0.05) is 46.0 Å². The van der Waals surface area contributed by atoms with Gasteiger partial charge < -0.3 is 14.6 Å². The number of nitrogens with zero attached hydrogens (tertiary/aromatic N) is 3. The molecule has 0 radical (unpaired) electrons. The van der Waals surface area contributed by atoms with Gasteiger partial charge >= 0.3 is 0 Å². The lowest BCUT2D eigenvalue weighted by Gasteiger charge is -2.24. The van der Waals surface area contributed by atoms with Crippen LogP contribution in [0.1, 0.15) is 18.5 Å². The molecular weight excluding hydrogens is 228 g/mol. The predicted octanol–water partition coefficient (Wildman–Crippen LogP) is 0.621. The molecule has 0 unspecified atom stereocenters. The largest absolute Gasteiger partial charge is 0.383 e. The molecule has 1 saturated heterocycles. The van der Waals surface area contributed by atoms with E-state index in [0.717, 1.165) is 26.2 Å². The zero-order valence-corrected chi connectivity index (χ0v) is 11.4. The zero-order chi connectivity index (χ0) is 12.8. The number of aromatic nitrogens is 2. The SMILES string of the molecule is COCCN1CCC[C@H]1CNCc1cncn1C. The highest BCUT2D eigenvalue weighted by Crippen LogP contribution is 2.15. The summed E-state index contributed by atoms with van der Waals surface area (Å²) in [5.74, 6) is 0. The summed E-state index contributed by atoms with van der Waals surface area (Å²) in [5, 5.41) is 3.53. The lowest BCUT2D eigenvalue weighted by atomic mass is 10.2. The van der Waals surface area contributed by atoms with E-state index in [1.54, 1.807) is 7.11 Å². The van der Waals surface area contributed by atoms with Gasteiger partial charge in [-0.15, -0.1) is 0 Å². The summed E-state index contributed by atoms with van der Waals surface area (Å²) in [7, 11) is 3.80. The van der Waals surface area contributed by atoms with Gasteiger partial charge in [-0.25, -0.2) is 4.98 Å². The summed E-state index contributed by atoms with van der Waals surface area (Å²) in [6.45, 7) is 5.04. The van der Waals surface area contributed by atoms with E-state index in [2.05, 4.69) is 19.8 Å². The van der Waals surface area contributed by atoms with E-state index in [1.165, 1.54) is 25.1 Å². The lowest BCUT2D eigenvalue weighted by molar-refractivity contribution is 0.140. The Hall–Kier alpha value is -0.910. The molecule has 1 aliphatic rings. The molecule has 1 aliphatic heterocycles. The van der Waals surface area contributed by atoms with Crippen LogP contribution >= 0.6 is 0 Å². The third-order valence-electron chi connectivity index (χ3n) is 3.68. The molecule has 1 aromatic rings. The molecule has 0 aliphatic carbocycles. The van der Waals surface area contributed by atoms with Crippen LogP contribution in [0, 0.1) is 0 Å². The van der Waals surface area contributed by atoms with E-state index < -0.39 is 0 Å². The highest BCUT2D eigenvalue weighted by Gasteiger charge is 2.23. The van der Waals surface area contributed by atoms with Crippen LogP contribution in [0.3, 0.4) is 0 Å². The topological polar surface area (TPSA) is 42.3 Å². The Morgan fingerprint density at radius 1 is 1.56 bits per heavy atom. The molecule has 0 spiro atoms. The monoisotopic (exact) mass is 252 g/mol. The third-order valence-corrected chi connectivity index (χ3v) is 3.68. The van der Waals surface area contributed by atoms with Crippen LogP contribution in [0.15, 0.2) is 12.5 Å². The summed E-state index contributed by atoms with van der Waals surface area (Å²) in [4.78, 5) is 6.65. The molecule has 0 bridgehead atoms. The van der Waals surface area contributed by atoms with Crippen molar-refractivity contribution in [2.75, 3.05) is 33.4 Å². The number of methoxy groups -OCH3 is 1. The number of rotatable bonds is 7. The summed E-state index contributed by atoms with van der Waals surface area (Å²) in [6, 6.07) is 0.661. The fraction of sp³-hybridized carbons (Fsp3) is 0.769. The van der Waals surface area contributed by atoms with Crippen molar-refractivity contribution < 1.29 is 4.74 Å². The average molecular weight is 252 g/mol. The molecule has 2 rings (SSSR count). The maximum Gasteiger partial charge on any atom is 0.0945 e. The maximum absolute atomic E-state index is 5.16. The summed E-state index contributed by atoms with van der Waals surface area (Å²) < 4.78 is 7.22. The second kappa shape index (κ2) is 6.87. The summed E-state index contributed by atoms with van der Waals surface area (Å²) in [5.41, 5.74) is 1.23. The molecule has 2 heterocycles. The minimum absolute atomic E-state index is 0.661. The zero-order valence-electron chi connectivity index (χ0n) is 11.4. The quantitative estimate of drug-likeness (QED) is 0.772. The molecule has 1 fully saturated rings. The van der Waals surface area contributed by atoms with Gasteiger partial charge in [-0.2, -0.15) is 0 Å². The van der Waals surface area contributed by atoms with Crippen molar-refractivity contribution in [1.29, 1.82) is 0 Å². The molecule has 18 heavy (non-hydrogen) atoms. The van der Waals surface area contributed by atoms with Crippen molar-refractivity contribution in [3.63, 3.8) is 0 Å². The Kier molecular flexibility index (Phi) is 5.16. The minimum atomic E-state index is 0.661. The normalized spacial score (nSPS) is 20.7. The molecule has 1 N–H and O–H groups in total. The van der Waals surface area contributed by atoms with Gasteiger partial charge in [-0.3, -0.25) is 4.90 Å². The molecule has 5 nitrogen and oxygen atoms in total. The van der Waals surface area contributed by atoms with E-state index >= 15 is 0 Å². The van der Waals surface area contributed by atoms with Gasteiger partial charge in [0.25, 0.3) is 0 Å². The molecule has 102 valence electrons. The van der Waals surface area contributed by atoms with Crippen molar-refractivity contribution in [3.05, 3.63) is 18.2 Å². The van der Waals surface area contributed by atoms with Gasteiger partial charge in [0.2, 0.25) is 0 Å². The first-order valence-electron chi connectivity index (χ1n) is 6.70. The Morgan fingerprint density at radius 2 is 2.44 bits per heavy atom. The van der Waals surface area contributed by atoms with E-state index in [1.807, 2.05) is 19.6 Å². The van der Waals surface area contributed by atoms with Crippen LogP contribution in [0.4, 0.5) is 0 Å². The maximum atomic E-state index is 5.16. The summed E-state index contributed by atoms with van der Waals surface area (Å²) in [6.07, 6.45) is 6.37. The second-order valence-electron chi connectivity index (χ2n) is 4.95. The number of hydrogen-bond donors (Lipinski definition) is 1. The number of ether oxygens (including phenoxy) is 1. The standard InChI is InChI=1S/C13H24N4O/c1-16-11-15-10-13(16)9-14-8-12-4-3-5-17(12)6-7-18-2/h10-12,14H,3-9H2,1-2H3/t12-/m0/s1. The molecule has 1 aromatic heterocycles. The van der Waals surface area contributed by atoms with E-state index in [4.69, 9.17) is 4.74 Å². The van der Waals surface area contributed by atoms with E-state index in [0.29, 0.717) is 6.04 Å². The van der Waals surface area contributed by atoms with Gasteiger partial charge in [0.15, 0.2) is 0 Å².